The van der Waals surface area contributed by atoms with E-state index in [-0.39, 0.29) is 25.3 Å². The Bertz CT molecular complexity index is 548. The molecule has 2 N–H and O–H groups in total. The first-order valence-corrected chi connectivity index (χ1v) is 7.86. The number of hydrogen-bond acceptors (Lipinski definition) is 6. The molecule has 7 nitrogen and oxygen atoms in total. The molecule has 8 heteroatoms. The molecule has 0 spiro atoms. The van der Waals surface area contributed by atoms with Gasteiger partial charge in [-0.25, -0.2) is 9.78 Å². The van der Waals surface area contributed by atoms with Crippen LogP contribution in [0, 0.1) is 0 Å². The molecule has 0 bridgehead atoms. The van der Waals surface area contributed by atoms with Gasteiger partial charge in [-0.15, -0.1) is 0 Å². The van der Waals surface area contributed by atoms with Crippen LogP contribution in [0.25, 0.3) is 0 Å². The lowest BCUT2D eigenvalue weighted by atomic mass is 10.1. The van der Waals surface area contributed by atoms with E-state index in [0.717, 1.165) is 19.3 Å². The zero-order valence-corrected chi connectivity index (χ0v) is 14.1. The number of pyridine rings is 1. The number of hydrogen-bond donors (Lipinski definition) is 1. The smallest absolute Gasteiger partial charge is 0.409 e. The van der Waals surface area contributed by atoms with Crippen molar-refractivity contribution in [1.29, 1.82) is 0 Å². The number of rotatable bonds is 5. The van der Waals surface area contributed by atoms with Crippen LogP contribution in [0.5, 0.6) is 0 Å². The molecular formula is C15H22ClN3O4. The molecule has 1 saturated heterocycles. The summed E-state index contributed by atoms with van der Waals surface area (Å²) in [5.74, 6) is 0.268. The maximum Gasteiger partial charge on any atom is 0.409 e. The van der Waals surface area contributed by atoms with Gasteiger partial charge in [0.1, 0.15) is 12.4 Å². The number of aromatic nitrogens is 1. The Morgan fingerprint density at radius 3 is 2.87 bits per heavy atom. The van der Waals surface area contributed by atoms with Gasteiger partial charge in [0, 0.05) is 38.0 Å². The molecule has 23 heavy (non-hydrogen) atoms. The van der Waals surface area contributed by atoms with E-state index < -0.39 is 6.09 Å². The number of halogens is 1. The monoisotopic (exact) mass is 343 g/mol. The summed E-state index contributed by atoms with van der Waals surface area (Å²) in [5, 5.41) is 0.422. The highest BCUT2D eigenvalue weighted by atomic mass is 35.5. The number of carbonyl (C=O) groups is 1. The van der Waals surface area contributed by atoms with Crippen molar-refractivity contribution in [3.63, 3.8) is 0 Å². The van der Waals surface area contributed by atoms with Gasteiger partial charge in [0.05, 0.1) is 11.6 Å². The van der Waals surface area contributed by atoms with Gasteiger partial charge in [-0.05, 0) is 19.3 Å². The number of amides is 1. The van der Waals surface area contributed by atoms with Crippen molar-refractivity contribution in [2.75, 3.05) is 26.4 Å². The topological polar surface area (TPSA) is 86.9 Å². The quantitative estimate of drug-likeness (QED) is 0.884. The molecule has 1 fully saturated rings. The number of nitrogen functional groups attached to an aromatic ring is 1. The molecule has 1 aromatic heterocycles. The summed E-state index contributed by atoms with van der Waals surface area (Å²) in [5.41, 5.74) is 7.13. The van der Waals surface area contributed by atoms with E-state index in [0.29, 0.717) is 22.8 Å². The van der Waals surface area contributed by atoms with Crippen LogP contribution in [0.3, 0.4) is 0 Å². The lowest BCUT2D eigenvalue weighted by Crippen LogP contribution is -2.24. The second-order valence-corrected chi connectivity index (χ2v) is 5.91. The molecule has 1 amide bonds. The predicted molar refractivity (Wildman–Crippen MR) is 85.9 cm³/mol. The average molecular weight is 344 g/mol. The average Bonchev–Trinajstić information content (AvgIpc) is 2.55. The minimum Gasteiger partial charge on any atom is -0.444 e. The number of anilines is 1. The Labute approximate surface area is 140 Å². The van der Waals surface area contributed by atoms with Crippen molar-refractivity contribution in [3.05, 3.63) is 22.3 Å². The van der Waals surface area contributed by atoms with E-state index >= 15 is 0 Å². The summed E-state index contributed by atoms with van der Waals surface area (Å²) in [6.45, 7) is 0.913. The SMILES string of the molecule is CN(C)C(=O)OCc1c(N)ncc(Cl)c1COC1CCCCO1. The first-order chi connectivity index (χ1) is 11.0. The third-order valence-electron chi connectivity index (χ3n) is 3.54. The molecule has 1 atom stereocenters. The lowest BCUT2D eigenvalue weighted by molar-refractivity contribution is -0.169. The number of carbonyl (C=O) groups excluding carboxylic acids is 1. The van der Waals surface area contributed by atoms with E-state index in [1.54, 1.807) is 14.1 Å². The molecule has 0 aliphatic carbocycles. The molecule has 2 rings (SSSR count). The molecular weight excluding hydrogens is 322 g/mol. The molecule has 128 valence electrons. The van der Waals surface area contributed by atoms with E-state index in [1.807, 2.05) is 0 Å². The maximum atomic E-state index is 11.6. The summed E-state index contributed by atoms with van der Waals surface area (Å²) in [7, 11) is 3.21. The molecule has 2 heterocycles. The third kappa shape index (κ3) is 4.95. The van der Waals surface area contributed by atoms with Crippen molar-refractivity contribution < 1.29 is 19.0 Å². The Balaban J connectivity index is 2.07. The maximum absolute atomic E-state index is 11.6. The molecule has 0 radical (unpaired) electrons. The normalized spacial score (nSPS) is 17.8. The fourth-order valence-corrected chi connectivity index (χ4v) is 2.40. The Hall–Kier alpha value is -1.57. The minimum absolute atomic E-state index is 0.0133. The molecule has 1 unspecified atom stereocenters. The fraction of sp³-hybridized carbons (Fsp3) is 0.600. The summed E-state index contributed by atoms with van der Waals surface area (Å²) in [4.78, 5) is 16.9. The molecule has 0 saturated carbocycles. The zero-order valence-electron chi connectivity index (χ0n) is 13.4. The van der Waals surface area contributed by atoms with Crippen LogP contribution in [-0.4, -0.2) is 43.0 Å². The fourth-order valence-electron chi connectivity index (χ4n) is 2.18. The van der Waals surface area contributed by atoms with Gasteiger partial charge >= 0.3 is 6.09 Å². The summed E-state index contributed by atoms with van der Waals surface area (Å²) < 4.78 is 16.5. The highest BCUT2D eigenvalue weighted by Gasteiger charge is 2.19. The summed E-state index contributed by atoms with van der Waals surface area (Å²) in [6, 6.07) is 0. The van der Waals surface area contributed by atoms with Gasteiger partial charge in [0.15, 0.2) is 6.29 Å². The van der Waals surface area contributed by atoms with Crippen molar-refractivity contribution in [3.8, 4) is 0 Å². The van der Waals surface area contributed by atoms with E-state index in [4.69, 9.17) is 31.5 Å². The van der Waals surface area contributed by atoms with Crippen molar-refractivity contribution in [1.82, 2.24) is 9.88 Å². The zero-order chi connectivity index (χ0) is 16.8. The number of nitrogens with zero attached hydrogens (tertiary/aromatic N) is 2. The van der Waals surface area contributed by atoms with E-state index in [2.05, 4.69) is 4.98 Å². The highest BCUT2D eigenvalue weighted by Crippen LogP contribution is 2.26. The molecule has 0 aromatic carbocycles. The van der Waals surface area contributed by atoms with Crippen LogP contribution in [0.1, 0.15) is 30.4 Å². The first-order valence-electron chi connectivity index (χ1n) is 7.48. The number of nitrogens with two attached hydrogens (primary N) is 1. The molecule has 1 aliphatic heterocycles. The molecule has 1 aromatic rings. The van der Waals surface area contributed by atoms with Crippen molar-refractivity contribution in [2.24, 2.45) is 0 Å². The van der Waals surface area contributed by atoms with Gasteiger partial charge in [0.2, 0.25) is 0 Å². The lowest BCUT2D eigenvalue weighted by Gasteiger charge is -2.23. The third-order valence-corrected chi connectivity index (χ3v) is 3.86. The van der Waals surface area contributed by atoms with Crippen LogP contribution < -0.4 is 5.73 Å². The predicted octanol–water partition coefficient (Wildman–Crippen LogP) is 2.56. The van der Waals surface area contributed by atoms with E-state index in [9.17, 15) is 4.79 Å². The van der Waals surface area contributed by atoms with Crippen LogP contribution in [-0.2, 0) is 27.4 Å². The van der Waals surface area contributed by atoms with Gasteiger partial charge in [-0.3, -0.25) is 0 Å². The minimum atomic E-state index is -0.466. The Morgan fingerprint density at radius 1 is 1.43 bits per heavy atom. The molecule has 1 aliphatic rings. The Morgan fingerprint density at radius 2 is 2.22 bits per heavy atom. The van der Waals surface area contributed by atoms with Gasteiger partial charge < -0.3 is 24.8 Å². The summed E-state index contributed by atoms with van der Waals surface area (Å²) in [6.07, 6.45) is 3.73. The van der Waals surface area contributed by atoms with Crippen molar-refractivity contribution in [2.45, 2.75) is 38.8 Å². The van der Waals surface area contributed by atoms with Crippen LogP contribution >= 0.6 is 11.6 Å². The second-order valence-electron chi connectivity index (χ2n) is 5.50. The van der Waals surface area contributed by atoms with Crippen LogP contribution in [0.4, 0.5) is 10.6 Å². The van der Waals surface area contributed by atoms with Crippen LogP contribution in [0.2, 0.25) is 5.02 Å². The highest BCUT2D eigenvalue weighted by molar-refractivity contribution is 6.31. The largest absolute Gasteiger partial charge is 0.444 e. The second kappa shape index (κ2) is 8.33. The first kappa shape index (κ1) is 17.8. The van der Waals surface area contributed by atoms with Gasteiger partial charge in [-0.2, -0.15) is 0 Å². The number of ether oxygens (including phenoxy) is 3. The van der Waals surface area contributed by atoms with Gasteiger partial charge in [-0.1, -0.05) is 11.6 Å². The van der Waals surface area contributed by atoms with E-state index in [1.165, 1.54) is 11.1 Å². The summed E-state index contributed by atoms with van der Waals surface area (Å²) >= 11 is 6.21. The van der Waals surface area contributed by atoms with Crippen LogP contribution in [0.15, 0.2) is 6.20 Å². The standard InChI is InChI=1S/C15H22ClN3O4/c1-19(2)15(20)23-9-11-10(12(16)7-18-14(11)17)8-22-13-5-3-4-6-21-13/h7,13H,3-6,8-9H2,1-2H3,(H2,17,18). The van der Waals surface area contributed by atoms with Crippen molar-refractivity contribution >= 4 is 23.5 Å². The Kier molecular flexibility index (Phi) is 6.44. The van der Waals surface area contributed by atoms with Gasteiger partial charge in [0.25, 0.3) is 0 Å².